The van der Waals surface area contributed by atoms with E-state index < -0.39 is 11.8 Å². The number of hydrogen-bond donors (Lipinski definition) is 2. The largest absolute Gasteiger partial charge is 0.483 e. The lowest BCUT2D eigenvalue weighted by molar-refractivity contribution is -0.131. The van der Waals surface area contributed by atoms with Crippen LogP contribution in [0.15, 0.2) is 46.9 Å². The number of halogens is 1. The molecule has 0 aromatic heterocycles. The first-order valence-corrected chi connectivity index (χ1v) is 9.34. The number of rotatable bonds is 7. The summed E-state index contributed by atoms with van der Waals surface area (Å²) in [6.07, 6.45) is 0. The van der Waals surface area contributed by atoms with Crippen molar-refractivity contribution < 1.29 is 19.1 Å². The molecular weight excluding hydrogens is 412 g/mol. The molecule has 2 aromatic rings. The number of aryl methyl sites for hydroxylation is 1. The van der Waals surface area contributed by atoms with E-state index in [1.54, 1.807) is 12.1 Å². The first-order valence-electron chi connectivity index (χ1n) is 8.55. The summed E-state index contributed by atoms with van der Waals surface area (Å²) in [5, 5.41) is 0. The van der Waals surface area contributed by atoms with Crippen molar-refractivity contribution in [2.45, 2.75) is 26.7 Å². The minimum absolute atomic E-state index is 0.198. The van der Waals surface area contributed by atoms with Crippen LogP contribution in [0, 0.1) is 6.92 Å². The van der Waals surface area contributed by atoms with Gasteiger partial charge in [-0.1, -0.05) is 48.0 Å². The summed E-state index contributed by atoms with van der Waals surface area (Å²) in [7, 11) is 0. The van der Waals surface area contributed by atoms with Crippen LogP contribution in [0.25, 0.3) is 0 Å². The van der Waals surface area contributed by atoms with Crippen LogP contribution in [0.5, 0.6) is 11.5 Å². The van der Waals surface area contributed by atoms with E-state index in [4.69, 9.17) is 9.47 Å². The predicted octanol–water partition coefficient (Wildman–Crippen LogP) is 3.49. The molecule has 0 fully saturated rings. The average Bonchev–Trinajstić information content (AvgIpc) is 2.64. The van der Waals surface area contributed by atoms with Crippen LogP contribution >= 0.6 is 15.9 Å². The second-order valence-corrected chi connectivity index (χ2v) is 7.19. The Morgan fingerprint density at radius 2 is 1.56 bits per heavy atom. The maximum atomic E-state index is 11.9. The number of hydrogen-bond acceptors (Lipinski definition) is 4. The zero-order valence-corrected chi connectivity index (χ0v) is 17.1. The molecule has 0 aliphatic heterocycles. The third-order valence-electron chi connectivity index (χ3n) is 3.75. The second-order valence-electron chi connectivity index (χ2n) is 6.28. The van der Waals surface area contributed by atoms with Crippen molar-refractivity contribution in [2.75, 3.05) is 13.2 Å². The third kappa shape index (κ3) is 6.60. The van der Waals surface area contributed by atoms with Gasteiger partial charge in [-0.25, -0.2) is 0 Å². The third-order valence-corrected chi connectivity index (χ3v) is 4.24. The summed E-state index contributed by atoms with van der Waals surface area (Å²) >= 11 is 3.43. The Kier molecular flexibility index (Phi) is 7.67. The molecule has 0 spiro atoms. The van der Waals surface area contributed by atoms with Gasteiger partial charge in [0.1, 0.15) is 11.5 Å². The molecule has 2 rings (SSSR count). The van der Waals surface area contributed by atoms with E-state index in [-0.39, 0.29) is 19.1 Å². The van der Waals surface area contributed by atoms with Gasteiger partial charge in [-0.15, -0.1) is 0 Å². The number of carbonyl (C=O) groups excluding carboxylic acids is 2. The number of benzene rings is 2. The molecule has 27 heavy (non-hydrogen) atoms. The van der Waals surface area contributed by atoms with E-state index in [1.807, 2.05) is 51.1 Å². The summed E-state index contributed by atoms with van der Waals surface area (Å²) < 4.78 is 11.9. The summed E-state index contributed by atoms with van der Waals surface area (Å²) in [4.78, 5) is 23.7. The quantitative estimate of drug-likeness (QED) is 0.653. The molecule has 0 saturated heterocycles. The molecule has 0 unspecified atom stereocenters. The molecule has 0 aliphatic rings. The predicted molar refractivity (Wildman–Crippen MR) is 107 cm³/mol. The number of nitrogens with one attached hydrogen (secondary N) is 2. The van der Waals surface area contributed by atoms with Crippen molar-refractivity contribution in [1.82, 2.24) is 10.9 Å². The van der Waals surface area contributed by atoms with Gasteiger partial charge in [0.05, 0.1) is 0 Å². The molecule has 0 radical (unpaired) electrons. The van der Waals surface area contributed by atoms with Gasteiger partial charge in [0.15, 0.2) is 13.2 Å². The summed E-state index contributed by atoms with van der Waals surface area (Å²) in [5.74, 6) is 0.588. The Bertz CT molecular complexity index is 808. The van der Waals surface area contributed by atoms with Crippen LogP contribution < -0.4 is 20.3 Å². The lowest BCUT2D eigenvalue weighted by atomic mass is 10.0. The van der Waals surface area contributed by atoms with Crippen molar-refractivity contribution >= 4 is 27.7 Å². The Morgan fingerprint density at radius 1 is 0.963 bits per heavy atom. The number of ether oxygens (including phenoxy) is 2. The molecule has 0 heterocycles. The molecule has 2 N–H and O–H groups in total. The highest BCUT2D eigenvalue weighted by atomic mass is 79.9. The molecule has 0 atom stereocenters. The SMILES string of the molecule is Cc1ccccc1OCC(=O)NNC(=O)COc1ccc(Br)cc1C(C)C. The topological polar surface area (TPSA) is 76.7 Å². The fourth-order valence-electron chi connectivity index (χ4n) is 2.32. The molecule has 144 valence electrons. The Hall–Kier alpha value is -2.54. The van der Waals surface area contributed by atoms with Crippen LogP contribution in [0.2, 0.25) is 0 Å². The van der Waals surface area contributed by atoms with E-state index >= 15 is 0 Å². The Labute approximate surface area is 167 Å². The van der Waals surface area contributed by atoms with Gasteiger partial charge in [0, 0.05) is 4.47 Å². The minimum Gasteiger partial charge on any atom is -0.483 e. The van der Waals surface area contributed by atoms with Gasteiger partial charge < -0.3 is 9.47 Å². The highest BCUT2D eigenvalue weighted by Gasteiger charge is 2.11. The summed E-state index contributed by atoms with van der Waals surface area (Å²) in [6, 6.07) is 13.0. The standard InChI is InChI=1S/C20H23BrN2O4/c1-13(2)16-10-15(21)8-9-18(16)27-12-20(25)23-22-19(24)11-26-17-7-5-4-6-14(17)3/h4-10,13H,11-12H2,1-3H3,(H,22,24)(H,23,25). The number of hydrazine groups is 1. The van der Waals surface area contributed by atoms with Crippen molar-refractivity contribution in [1.29, 1.82) is 0 Å². The average molecular weight is 435 g/mol. The normalized spacial score (nSPS) is 10.4. The van der Waals surface area contributed by atoms with E-state index in [2.05, 4.69) is 26.8 Å². The molecule has 2 amide bonds. The van der Waals surface area contributed by atoms with E-state index in [0.29, 0.717) is 11.5 Å². The molecule has 0 aliphatic carbocycles. The first kappa shape index (κ1) is 20.8. The molecule has 0 bridgehead atoms. The van der Waals surface area contributed by atoms with Gasteiger partial charge in [-0.05, 0) is 48.2 Å². The number of carbonyl (C=O) groups is 2. The maximum absolute atomic E-state index is 11.9. The lowest BCUT2D eigenvalue weighted by Crippen LogP contribution is -2.45. The second kappa shape index (κ2) is 9.97. The fraction of sp³-hybridized carbons (Fsp3) is 0.300. The smallest absolute Gasteiger partial charge is 0.276 e. The van der Waals surface area contributed by atoms with Gasteiger partial charge in [0.25, 0.3) is 11.8 Å². The highest BCUT2D eigenvalue weighted by molar-refractivity contribution is 9.10. The minimum atomic E-state index is -0.461. The van der Waals surface area contributed by atoms with Crippen molar-refractivity contribution in [3.05, 3.63) is 58.1 Å². The summed E-state index contributed by atoms with van der Waals surface area (Å²) in [6.45, 7) is 5.57. The lowest BCUT2D eigenvalue weighted by Gasteiger charge is -2.15. The van der Waals surface area contributed by atoms with Crippen LogP contribution in [-0.2, 0) is 9.59 Å². The Morgan fingerprint density at radius 3 is 2.15 bits per heavy atom. The molecule has 2 aromatic carbocycles. The van der Waals surface area contributed by atoms with Gasteiger partial charge in [0.2, 0.25) is 0 Å². The van der Waals surface area contributed by atoms with Crippen molar-refractivity contribution in [3.63, 3.8) is 0 Å². The monoisotopic (exact) mass is 434 g/mol. The van der Waals surface area contributed by atoms with Gasteiger partial charge >= 0.3 is 0 Å². The first-order chi connectivity index (χ1) is 12.9. The van der Waals surface area contributed by atoms with Crippen LogP contribution in [0.1, 0.15) is 30.9 Å². The van der Waals surface area contributed by atoms with Gasteiger partial charge in [-0.2, -0.15) is 0 Å². The summed E-state index contributed by atoms with van der Waals surface area (Å²) in [5.41, 5.74) is 6.54. The molecule has 6 nitrogen and oxygen atoms in total. The molecule has 7 heteroatoms. The van der Waals surface area contributed by atoms with E-state index in [0.717, 1.165) is 15.6 Å². The van der Waals surface area contributed by atoms with Crippen molar-refractivity contribution in [2.24, 2.45) is 0 Å². The highest BCUT2D eigenvalue weighted by Crippen LogP contribution is 2.29. The van der Waals surface area contributed by atoms with Crippen LogP contribution in [0.4, 0.5) is 0 Å². The Balaban J connectivity index is 1.76. The van der Waals surface area contributed by atoms with Crippen molar-refractivity contribution in [3.8, 4) is 11.5 Å². The number of para-hydroxylation sites is 1. The van der Waals surface area contributed by atoms with Crippen LogP contribution in [-0.4, -0.2) is 25.0 Å². The van der Waals surface area contributed by atoms with E-state index in [9.17, 15) is 9.59 Å². The number of amides is 2. The van der Waals surface area contributed by atoms with Gasteiger partial charge in [-0.3, -0.25) is 20.4 Å². The zero-order valence-electron chi connectivity index (χ0n) is 15.5. The molecule has 0 saturated carbocycles. The molecular formula is C20H23BrN2O4. The maximum Gasteiger partial charge on any atom is 0.276 e. The fourth-order valence-corrected chi connectivity index (χ4v) is 2.70. The van der Waals surface area contributed by atoms with E-state index in [1.165, 1.54) is 0 Å². The zero-order chi connectivity index (χ0) is 19.8. The van der Waals surface area contributed by atoms with Crippen LogP contribution in [0.3, 0.4) is 0 Å².